The normalized spacial score (nSPS) is 15.1. The third-order valence-electron chi connectivity index (χ3n) is 2.31. The highest BCUT2D eigenvalue weighted by Crippen LogP contribution is 2.29. The molecule has 0 spiro atoms. The second-order valence-electron chi connectivity index (χ2n) is 3.70. The Morgan fingerprint density at radius 2 is 2.06 bits per heavy atom. The van der Waals surface area contributed by atoms with Crippen LogP contribution in [0.4, 0.5) is 13.2 Å². The number of carbonyl (C=O) groups is 1. The number of rotatable bonds is 4. The molecule has 0 aliphatic heterocycles. The topological polar surface area (TPSA) is 54.4 Å². The van der Waals surface area contributed by atoms with Gasteiger partial charge in [-0.1, -0.05) is 18.2 Å². The Labute approximate surface area is 104 Å². The van der Waals surface area contributed by atoms with E-state index in [1.165, 1.54) is 19.1 Å². The summed E-state index contributed by atoms with van der Waals surface area (Å²) >= 11 is 0. The van der Waals surface area contributed by atoms with Crippen molar-refractivity contribution in [3.63, 3.8) is 0 Å². The average molecular weight is 280 g/mol. The molecule has 1 N–H and O–H groups in total. The first-order valence-electron chi connectivity index (χ1n) is 4.98. The monoisotopic (exact) mass is 280 g/mol. The molecule has 0 saturated carbocycles. The maximum absolute atomic E-state index is 12.4. The number of alkyl halides is 3. The molecule has 0 aliphatic carbocycles. The minimum Gasteiger partial charge on any atom is -0.480 e. The van der Waals surface area contributed by atoms with Crippen LogP contribution in [0.1, 0.15) is 18.1 Å². The molecule has 0 saturated heterocycles. The van der Waals surface area contributed by atoms with Crippen LogP contribution < -0.4 is 0 Å². The van der Waals surface area contributed by atoms with E-state index in [9.17, 15) is 22.2 Å². The summed E-state index contributed by atoms with van der Waals surface area (Å²) in [6.07, 6.45) is -4.46. The molecule has 18 heavy (non-hydrogen) atoms. The summed E-state index contributed by atoms with van der Waals surface area (Å²) in [7, 11) is -1.75. The van der Waals surface area contributed by atoms with Gasteiger partial charge in [0.25, 0.3) is 0 Å². The van der Waals surface area contributed by atoms with E-state index in [4.69, 9.17) is 5.11 Å². The van der Waals surface area contributed by atoms with Crippen molar-refractivity contribution in [2.45, 2.75) is 24.1 Å². The van der Waals surface area contributed by atoms with E-state index in [1.54, 1.807) is 0 Å². The van der Waals surface area contributed by atoms with Gasteiger partial charge in [-0.25, -0.2) is 0 Å². The van der Waals surface area contributed by atoms with E-state index in [-0.39, 0.29) is 11.3 Å². The van der Waals surface area contributed by atoms with E-state index in [0.717, 1.165) is 12.1 Å². The molecule has 3 nitrogen and oxygen atoms in total. The fourth-order valence-corrected chi connectivity index (χ4v) is 2.22. The lowest BCUT2D eigenvalue weighted by molar-refractivity contribution is -0.138. The van der Waals surface area contributed by atoms with Crippen molar-refractivity contribution in [1.82, 2.24) is 0 Å². The van der Waals surface area contributed by atoms with Crippen LogP contribution in [0.5, 0.6) is 0 Å². The number of aliphatic carboxylic acids is 1. The molecule has 0 aromatic heterocycles. The second-order valence-corrected chi connectivity index (χ2v) is 5.46. The lowest BCUT2D eigenvalue weighted by Gasteiger charge is -2.10. The number of hydrogen-bond donors (Lipinski definition) is 1. The van der Waals surface area contributed by atoms with Crippen molar-refractivity contribution in [3.05, 3.63) is 35.4 Å². The van der Waals surface area contributed by atoms with Crippen molar-refractivity contribution in [2.24, 2.45) is 0 Å². The zero-order valence-corrected chi connectivity index (χ0v) is 10.2. The number of carboxylic acid groups (broad SMARTS) is 1. The molecule has 7 heteroatoms. The lowest BCUT2D eigenvalue weighted by atomic mass is 10.1. The van der Waals surface area contributed by atoms with Gasteiger partial charge in [-0.3, -0.25) is 9.00 Å². The summed E-state index contributed by atoms with van der Waals surface area (Å²) in [5.74, 6) is -1.45. The number of benzene rings is 1. The Hall–Kier alpha value is -1.37. The summed E-state index contributed by atoms with van der Waals surface area (Å²) in [6, 6.07) is 4.39. The van der Waals surface area contributed by atoms with Crippen molar-refractivity contribution in [3.8, 4) is 0 Å². The molecular formula is C11H11F3O3S. The van der Waals surface area contributed by atoms with E-state index < -0.39 is 33.8 Å². The molecule has 0 radical (unpaired) electrons. The Morgan fingerprint density at radius 1 is 1.44 bits per heavy atom. The molecule has 100 valence electrons. The third kappa shape index (κ3) is 3.83. The molecule has 2 unspecified atom stereocenters. The van der Waals surface area contributed by atoms with Gasteiger partial charge in [0, 0.05) is 16.6 Å². The summed E-state index contributed by atoms with van der Waals surface area (Å²) in [4.78, 5) is 10.6. The van der Waals surface area contributed by atoms with Crippen LogP contribution in [0.25, 0.3) is 0 Å². The van der Waals surface area contributed by atoms with Crippen molar-refractivity contribution < 1.29 is 27.3 Å². The Morgan fingerprint density at radius 3 is 2.56 bits per heavy atom. The quantitative estimate of drug-likeness (QED) is 0.921. The number of carboxylic acids is 1. The molecule has 0 heterocycles. The van der Waals surface area contributed by atoms with E-state index in [0.29, 0.717) is 0 Å². The Bertz CT molecular complexity index is 471. The zero-order valence-electron chi connectivity index (χ0n) is 9.40. The zero-order chi connectivity index (χ0) is 13.9. The molecule has 1 aromatic rings. The van der Waals surface area contributed by atoms with Crippen molar-refractivity contribution in [1.29, 1.82) is 0 Å². The largest absolute Gasteiger partial charge is 0.480 e. The predicted molar refractivity (Wildman–Crippen MR) is 60.4 cm³/mol. The summed E-state index contributed by atoms with van der Waals surface area (Å²) in [5.41, 5.74) is -0.628. The van der Waals surface area contributed by atoms with Crippen LogP contribution in [0.2, 0.25) is 0 Å². The molecular weight excluding hydrogens is 269 g/mol. The van der Waals surface area contributed by atoms with Crippen LogP contribution in [0.3, 0.4) is 0 Å². The number of hydrogen-bond acceptors (Lipinski definition) is 2. The molecule has 1 rings (SSSR count). The minimum absolute atomic E-state index is 0.205. The number of halogens is 3. The molecule has 0 bridgehead atoms. The van der Waals surface area contributed by atoms with E-state index in [2.05, 4.69) is 0 Å². The van der Waals surface area contributed by atoms with E-state index >= 15 is 0 Å². The smallest absolute Gasteiger partial charge is 0.416 e. The van der Waals surface area contributed by atoms with Gasteiger partial charge in [0.1, 0.15) is 5.25 Å². The highest BCUT2D eigenvalue weighted by Gasteiger charge is 2.30. The van der Waals surface area contributed by atoms with Crippen LogP contribution >= 0.6 is 0 Å². The highest BCUT2D eigenvalue weighted by atomic mass is 32.2. The minimum atomic E-state index is -4.46. The first kappa shape index (κ1) is 14.7. The highest BCUT2D eigenvalue weighted by molar-refractivity contribution is 7.85. The van der Waals surface area contributed by atoms with Crippen LogP contribution in [-0.4, -0.2) is 20.5 Å². The molecule has 2 atom stereocenters. The van der Waals surface area contributed by atoms with Gasteiger partial charge in [0.15, 0.2) is 0 Å². The summed E-state index contributed by atoms with van der Waals surface area (Å²) < 4.78 is 48.8. The molecule has 0 amide bonds. The SMILES string of the molecule is CC(C(=O)O)S(=O)Cc1cccc(C(F)(F)F)c1. The fraction of sp³-hybridized carbons (Fsp3) is 0.364. The summed E-state index contributed by atoms with van der Waals surface area (Å²) in [5, 5.41) is 7.53. The van der Waals surface area contributed by atoms with Crippen molar-refractivity contribution in [2.75, 3.05) is 0 Å². The van der Waals surface area contributed by atoms with Gasteiger partial charge in [0.2, 0.25) is 0 Å². The standard InChI is InChI=1S/C11H11F3O3S/c1-7(10(15)16)18(17)6-8-3-2-4-9(5-8)11(12,13)14/h2-5,7H,6H2,1H3,(H,15,16). The average Bonchev–Trinajstić information content (AvgIpc) is 2.27. The summed E-state index contributed by atoms with van der Waals surface area (Å²) in [6.45, 7) is 1.26. The Balaban J connectivity index is 2.86. The van der Waals surface area contributed by atoms with Gasteiger partial charge >= 0.3 is 12.1 Å². The first-order valence-corrected chi connectivity index (χ1v) is 6.36. The van der Waals surface area contributed by atoms with Crippen LogP contribution in [0, 0.1) is 0 Å². The predicted octanol–water partition coefficient (Wildman–Crippen LogP) is 2.43. The molecule has 1 aromatic carbocycles. The molecule has 0 aliphatic rings. The van der Waals surface area contributed by atoms with Crippen molar-refractivity contribution >= 4 is 16.8 Å². The maximum Gasteiger partial charge on any atom is 0.416 e. The van der Waals surface area contributed by atoms with Gasteiger partial charge < -0.3 is 5.11 Å². The van der Waals surface area contributed by atoms with Crippen LogP contribution in [0.15, 0.2) is 24.3 Å². The second kappa shape index (κ2) is 5.51. The van der Waals surface area contributed by atoms with Gasteiger partial charge in [-0.05, 0) is 18.6 Å². The van der Waals surface area contributed by atoms with Gasteiger partial charge in [-0.15, -0.1) is 0 Å². The van der Waals surface area contributed by atoms with Gasteiger partial charge in [-0.2, -0.15) is 13.2 Å². The molecule has 0 fully saturated rings. The van der Waals surface area contributed by atoms with Crippen LogP contribution in [-0.2, 0) is 27.5 Å². The van der Waals surface area contributed by atoms with Gasteiger partial charge in [0.05, 0.1) is 5.56 Å². The maximum atomic E-state index is 12.4. The van der Waals surface area contributed by atoms with E-state index in [1.807, 2.05) is 0 Å². The Kier molecular flexibility index (Phi) is 4.50. The third-order valence-corrected chi connectivity index (χ3v) is 3.91. The lowest BCUT2D eigenvalue weighted by Crippen LogP contribution is -2.22. The fourth-order valence-electron chi connectivity index (χ4n) is 1.24. The first-order chi connectivity index (χ1) is 8.21.